The Balaban J connectivity index is 1.75. The summed E-state index contributed by atoms with van der Waals surface area (Å²) >= 11 is 9.65. The van der Waals surface area contributed by atoms with E-state index in [-0.39, 0.29) is 0 Å². The minimum absolute atomic E-state index is 0.367. The molecular weight excluding hydrogens is 287 g/mol. The first kappa shape index (κ1) is 12.3. The molecule has 16 heavy (non-hydrogen) atoms. The van der Waals surface area contributed by atoms with Crippen molar-refractivity contribution >= 4 is 27.5 Å². The summed E-state index contributed by atoms with van der Waals surface area (Å²) in [5, 5.41) is 0.367. The maximum Gasteiger partial charge on any atom is 0.120 e. The zero-order chi connectivity index (χ0) is 11.4. The van der Waals surface area contributed by atoms with Gasteiger partial charge in [-0.15, -0.1) is 11.6 Å². The number of benzene rings is 1. The molecule has 0 saturated heterocycles. The zero-order valence-electron chi connectivity index (χ0n) is 9.16. The third kappa shape index (κ3) is 3.39. The van der Waals surface area contributed by atoms with Crippen molar-refractivity contribution in [2.24, 2.45) is 5.92 Å². The summed E-state index contributed by atoms with van der Waals surface area (Å²) in [7, 11) is 0. The molecule has 1 aromatic rings. The fourth-order valence-corrected chi connectivity index (χ4v) is 2.99. The molecule has 1 fully saturated rings. The molecule has 2 rings (SSSR count). The van der Waals surface area contributed by atoms with Gasteiger partial charge in [0.15, 0.2) is 0 Å². The second-order valence-corrected chi connectivity index (χ2v) is 5.78. The largest absolute Gasteiger partial charge is 0.494 e. The fourth-order valence-electron chi connectivity index (χ4n) is 2.20. The third-order valence-electron chi connectivity index (χ3n) is 3.12. The number of hydrogen-bond acceptors (Lipinski definition) is 1. The van der Waals surface area contributed by atoms with E-state index in [9.17, 15) is 0 Å². The van der Waals surface area contributed by atoms with Crippen LogP contribution in [0.15, 0.2) is 28.7 Å². The molecule has 2 unspecified atom stereocenters. The molecule has 3 heteroatoms. The molecule has 0 aliphatic heterocycles. The minimum Gasteiger partial charge on any atom is -0.494 e. The molecule has 0 bridgehead atoms. The van der Waals surface area contributed by atoms with Crippen LogP contribution in [0, 0.1) is 5.92 Å². The third-order valence-corrected chi connectivity index (χ3v) is 4.19. The second kappa shape index (κ2) is 5.92. The number of ether oxygens (including phenoxy) is 1. The van der Waals surface area contributed by atoms with Gasteiger partial charge in [-0.2, -0.15) is 0 Å². The van der Waals surface area contributed by atoms with E-state index in [1.807, 2.05) is 24.3 Å². The number of rotatable bonds is 4. The van der Waals surface area contributed by atoms with Crippen LogP contribution in [-0.2, 0) is 0 Å². The van der Waals surface area contributed by atoms with Crippen LogP contribution in [0.1, 0.15) is 25.7 Å². The van der Waals surface area contributed by atoms with E-state index in [1.54, 1.807) is 0 Å². The van der Waals surface area contributed by atoms with Crippen LogP contribution < -0.4 is 4.74 Å². The molecule has 0 spiro atoms. The number of halogens is 2. The number of alkyl halides is 1. The van der Waals surface area contributed by atoms with Crippen molar-refractivity contribution in [3.05, 3.63) is 28.7 Å². The fraction of sp³-hybridized carbons (Fsp3) is 0.538. The molecule has 0 amide bonds. The Bertz CT molecular complexity index is 342. The Labute approximate surface area is 110 Å². The van der Waals surface area contributed by atoms with Crippen molar-refractivity contribution in [2.45, 2.75) is 31.1 Å². The maximum atomic E-state index is 6.22. The molecule has 0 radical (unpaired) electrons. The first-order chi connectivity index (χ1) is 7.75. The van der Waals surface area contributed by atoms with Gasteiger partial charge in [0.25, 0.3) is 0 Å². The Morgan fingerprint density at radius 3 is 2.94 bits per heavy atom. The number of hydrogen-bond donors (Lipinski definition) is 0. The van der Waals surface area contributed by atoms with Gasteiger partial charge in [0, 0.05) is 9.85 Å². The molecule has 1 aliphatic carbocycles. The second-order valence-electron chi connectivity index (χ2n) is 4.30. The van der Waals surface area contributed by atoms with Gasteiger partial charge in [0.05, 0.1) is 6.61 Å². The van der Waals surface area contributed by atoms with Gasteiger partial charge in [-0.25, -0.2) is 0 Å². The first-order valence-corrected chi connectivity index (χ1v) is 7.01. The summed E-state index contributed by atoms with van der Waals surface area (Å²) in [6.07, 6.45) is 4.77. The van der Waals surface area contributed by atoms with Gasteiger partial charge in [0.1, 0.15) is 5.75 Å². The summed E-state index contributed by atoms with van der Waals surface area (Å²) < 4.78 is 6.77. The molecule has 1 saturated carbocycles. The highest BCUT2D eigenvalue weighted by Crippen LogP contribution is 2.32. The summed E-state index contributed by atoms with van der Waals surface area (Å²) in [4.78, 5) is 0. The lowest BCUT2D eigenvalue weighted by Gasteiger charge is -2.14. The molecule has 2 atom stereocenters. The van der Waals surface area contributed by atoms with Crippen LogP contribution in [0.25, 0.3) is 0 Å². The van der Waals surface area contributed by atoms with Crippen LogP contribution >= 0.6 is 27.5 Å². The van der Waals surface area contributed by atoms with E-state index in [2.05, 4.69) is 15.9 Å². The predicted octanol–water partition coefficient (Wildman–Crippen LogP) is 4.63. The Hall–Kier alpha value is -0.210. The zero-order valence-corrected chi connectivity index (χ0v) is 11.5. The minimum atomic E-state index is 0.367. The van der Waals surface area contributed by atoms with Crippen molar-refractivity contribution in [1.82, 2.24) is 0 Å². The van der Waals surface area contributed by atoms with Gasteiger partial charge >= 0.3 is 0 Å². The van der Waals surface area contributed by atoms with Gasteiger partial charge < -0.3 is 4.74 Å². The lowest BCUT2D eigenvalue weighted by atomic mass is 10.0. The van der Waals surface area contributed by atoms with Crippen LogP contribution in [0.3, 0.4) is 0 Å². The van der Waals surface area contributed by atoms with E-state index in [0.29, 0.717) is 11.3 Å². The molecular formula is C13H16BrClO. The highest BCUT2D eigenvalue weighted by Gasteiger charge is 2.24. The Morgan fingerprint density at radius 2 is 2.25 bits per heavy atom. The van der Waals surface area contributed by atoms with Crippen molar-refractivity contribution < 1.29 is 4.74 Å². The van der Waals surface area contributed by atoms with Crippen molar-refractivity contribution in [3.8, 4) is 5.75 Å². The summed E-state index contributed by atoms with van der Waals surface area (Å²) in [5.74, 6) is 1.58. The molecule has 1 aromatic carbocycles. The van der Waals surface area contributed by atoms with E-state index in [1.165, 1.54) is 19.3 Å². The molecule has 0 aromatic heterocycles. The maximum absolute atomic E-state index is 6.22. The summed E-state index contributed by atoms with van der Waals surface area (Å²) in [6, 6.07) is 7.96. The average Bonchev–Trinajstić information content (AvgIpc) is 2.65. The van der Waals surface area contributed by atoms with Gasteiger partial charge in [-0.05, 0) is 43.4 Å². The average molecular weight is 304 g/mol. The lowest BCUT2D eigenvalue weighted by Crippen LogP contribution is -2.11. The summed E-state index contributed by atoms with van der Waals surface area (Å²) in [6.45, 7) is 0.768. The van der Waals surface area contributed by atoms with E-state index in [4.69, 9.17) is 16.3 Å². The molecule has 0 heterocycles. The van der Waals surface area contributed by atoms with E-state index >= 15 is 0 Å². The normalized spacial score (nSPS) is 24.6. The van der Waals surface area contributed by atoms with Crippen molar-refractivity contribution in [1.29, 1.82) is 0 Å². The van der Waals surface area contributed by atoms with Crippen LogP contribution in [-0.4, -0.2) is 12.0 Å². The predicted molar refractivity (Wildman–Crippen MR) is 71.2 cm³/mol. The standard InChI is InChI=1S/C13H16BrClO/c14-11-4-2-5-12(9-11)16-8-7-10-3-1-6-13(10)15/h2,4-5,9-10,13H,1,3,6-8H2. The Morgan fingerprint density at radius 1 is 1.38 bits per heavy atom. The van der Waals surface area contributed by atoms with Crippen molar-refractivity contribution in [3.63, 3.8) is 0 Å². The molecule has 1 nitrogen and oxygen atoms in total. The van der Waals surface area contributed by atoms with E-state index in [0.717, 1.165) is 23.2 Å². The SMILES string of the molecule is ClC1CCCC1CCOc1cccc(Br)c1. The molecule has 0 N–H and O–H groups in total. The van der Waals surface area contributed by atoms with E-state index < -0.39 is 0 Å². The quantitative estimate of drug-likeness (QED) is 0.737. The topological polar surface area (TPSA) is 9.23 Å². The van der Waals surface area contributed by atoms with Crippen LogP contribution in [0.5, 0.6) is 5.75 Å². The van der Waals surface area contributed by atoms with Gasteiger partial charge in [0.2, 0.25) is 0 Å². The van der Waals surface area contributed by atoms with Crippen LogP contribution in [0.2, 0.25) is 0 Å². The molecule has 88 valence electrons. The summed E-state index contributed by atoms with van der Waals surface area (Å²) in [5.41, 5.74) is 0. The van der Waals surface area contributed by atoms with Crippen LogP contribution in [0.4, 0.5) is 0 Å². The highest BCUT2D eigenvalue weighted by molar-refractivity contribution is 9.10. The lowest BCUT2D eigenvalue weighted by molar-refractivity contribution is 0.280. The van der Waals surface area contributed by atoms with Gasteiger partial charge in [-0.1, -0.05) is 28.4 Å². The monoisotopic (exact) mass is 302 g/mol. The highest BCUT2D eigenvalue weighted by atomic mass is 79.9. The molecule has 1 aliphatic rings. The smallest absolute Gasteiger partial charge is 0.120 e. The first-order valence-electron chi connectivity index (χ1n) is 5.78. The van der Waals surface area contributed by atoms with Gasteiger partial charge in [-0.3, -0.25) is 0 Å². The van der Waals surface area contributed by atoms with Crippen molar-refractivity contribution in [2.75, 3.05) is 6.61 Å². The Kier molecular flexibility index (Phi) is 4.54.